The monoisotopic (exact) mass is 369 g/mol. The van der Waals surface area contributed by atoms with Crippen molar-refractivity contribution in [3.63, 3.8) is 0 Å². The molecular weight excluding hydrogens is 357 g/mol. The molecule has 3 rings (SSSR count). The molecule has 1 aliphatic rings. The van der Waals surface area contributed by atoms with Crippen LogP contribution in [0, 0.1) is 0 Å². The van der Waals surface area contributed by atoms with Crippen LogP contribution in [0.4, 0.5) is 0 Å². The summed E-state index contributed by atoms with van der Waals surface area (Å²) in [6.07, 6.45) is 0.852. The molecular formula is C17H14Cl3NO2. The van der Waals surface area contributed by atoms with E-state index in [4.69, 9.17) is 39.5 Å². The second kappa shape index (κ2) is 7.00. The maximum atomic E-state index is 12.4. The predicted octanol–water partition coefficient (Wildman–Crippen LogP) is 4.61. The fourth-order valence-electron chi connectivity index (χ4n) is 2.60. The average molecular weight is 371 g/mol. The number of hydrogen-bond donors (Lipinski definition) is 0. The summed E-state index contributed by atoms with van der Waals surface area (Å²) >= 11 is 18.0. The van der Waals surface area contributed by atoms with Gasteiger partial charge in [0.05, 0.1) is 10.0 Å². The zero-order chi connectivity index (χ0) is 16.4. The van der Waals surface area contributed by atoms with Gasteiger partial charge in [0, 0.05) is 18.1 Å². The minimum Gasteiger partial charge on any atom is -0.481 e. The molecule has 0 aliphatic carbocycles. The smallest absolute Gasteiger partial charge is 0.260 e. The number of fused-ring (bicyclic) bond motifs is 1. The van der Waals surface area contributed by atoms with E-state index >= 15 is 0 Å². The van der Waals surface area contributed by atoms with E-state index in [1.807, 2.05) is 18.2 Å². The van der Waals surface area contributed by atoms with Gasteiger partial charge in [0.1, 0.15) is 0 Å². The number of halogens is 3. The van der Waals surface area contributed by atoms with E-state index in [9.17, 15) is 4.79 Å². The molecule has 0 spiro atoms. The van der Waals surface area contributed by atoms with Crippen molar-refractivity contribution in [2.75, 3.05) is 13.2 Å². The summed E-state index contributed by atoms with van der Waals surface area (Å²) < 4.78 is 5.51. The SMILES string of the molecule is O=C(COc1c(Cl)cc(Cl)cc1Cl)N1CCc2ccccc2C1. The summed E-state index contributed by atoms with van der Waals surface area (Å²) in [4.78, 5) is 14.1. The van der Waals surface area contributed by atoms with Crippen LogP contribution >= 0.6 is 34.8 Å². The number of nitrogens with zero attached hydrogens (tertiary/aromatic N) is 1. The van der Waals surface area contributed by atoms with Gasteiger partial charge in [-0.15, -0.1) is 0 Å². The molecule has 0 saturated heterocycles. The number of benzene rings is 2. The molecule has 120 valence electrons. The molecule has 1 heterocycles. The Hall–Kier alpha value is -1.42. The quantitative estimate of drug-likeness (QED) is 0.789. The third-order valence-electron chi connectivity index (χ3n) is 3.79. The van der Waals surface area contributed by atoms with E-state index in [1.165, 1.54) is 23.3 Å². The summed E-state index contributed by atoms with van der Waals surface area (Å²) in [5.41, 5.74) is 2.47. The summed E-state index contributed by atoms with van der Waals surface area (Å²) in [6.45, 7) is 1.17. The van der Waals surface area contributed by atoms with Crippen LogP contribution in [0.15, 0.2) is 36.4 Å². The second-order valence-electron chi connectivity index (χ2n) is 5.32. The van der Waals surface area contributed by atoms with Gasteiger partial charge in [0.2, 0.25) is 0 Å². The Morgan fingerprint density at radius 1 is 1.09 bits per heavy atom. The topological polar surface area (TPSA) is 29.5 Å². The molecule has 0 radical (unpaired) electrons. The van der Waals surface area contributed by atoms with Gasteiger partial charge in [-0.3, -0.25) is 4.79 Å². The van der Waals surface area contributed by atoms with Crippen molar-refractivity contribution in [3.8, 4) is 5.75 Å². The molecule has 1 amide bonds. The molecule has 6 heteroatoms. The maximum absolute atomic E-state index is 12.4. The van der Waals surface area contributed by atoms with Crippen LogP contribution < -0.4 is 4.74 Å². The summed E-state index contributed by atoms with van der Waals surface area (Å²) in [5.74, 6) is 0.185. The van der Waals surface area contributed by atoms with Crippen LogP contribution in [0.5, 0.6) is 5.75 Å². The van der Waals surface area contributed by atoms with Crippen molar-refractivity contribution in [2.24, 2.45) is 0 Å². The zero-order valence-corrected chi connectivity index (χ0v) is 14.5. The van der Waals surface area contributed by atoms with Crippen molar-refractivity contribution in [1.82, 2.24) is 4.90 Å². The fourth-order valence-corrected chi connectivity index (χ4v) is 3.53. The van der Waals surface area contributed by atoms with Gasteiger partial charge in [-0.25, -0.2) is 0 Å². The fraction of sp³-hybridized carbons (Fsp3) is 0.235. The number of ether oxygens (including phenoxy) is 1. The largest absolute Gasteiger partial charge is 0.481 e. The minimum absolute atomic E-state index is 0.0958. The van der Waals surface area contributed by atoms with Crippen molar-refractivity contribution in [3.05, 3.63) is 62.6 Å². The van der Waals surface area contributed by atoms with Crippen molar-refractivity contribution in [2.45, 2.75) is 13.0 Å². The standard InChI is InChI=1S/C17H14Cl3NO2/c18-13-7-14(19)17(15(20)8-13)23-10-16(22)21-6-5-11-3-1-2-4-12(11)9-21/h1-4,7-8H,5-6,9-10H2. The van der Waals surface area contributed by atoms with Gasteiger partial charge < -0.3 is 9.64 Å². The van der Waals surface area contributed by atoms with Crippen LogP contribution in [0.1, 0.15) is 11.1 Å². The Balaban J connectivity index is 1.65. The van der Waals surface area contributed by atoms with Gasteiger partial charge >= 0.3 is 0 Å². The highest BCUT2D eigenvalue weighted by Gasteiger charge is 2.21. The molecule has 0 saturated carbocycles. The van der Waals surface area contributed by atoms with Gasteiger partial charge in [0.25, 0.3) is 5.91 Å². The van der Waals surface area contributed by atoms with Crippen LogP contribution in [-0.2, 0) is 17.8 Å². The third kappa shape index (κ3) is 3.74. The first kappa shape index (κ1) is 16.4. The highest BCUT2D eigenvalue weighted by Crippen LogP contribution is 2.35. The Labute approximate surface area is 149 Å². The highest BCUT2D eigenvalue weighted by molar-refractivity contribution is 6.40. The number of hydrogen-bond acceptors (Lipinski definition) is 2. The van der Waals surface area contributed by atoms with Crippen molar-refractivity contribution < 1.29 is 9.53 Å². The van der Waals surface area contributed by atoms with Crippen molar-refractivity contribution >= 4 is 40.7 Å². The average Bonchev–Trinajstić information content (AvgIpc) is 2.53. The summed E-state index contributed by atoms with van der Waals surface area (Å²) in [6, 6.07) is 11.2. The molecule has 2 aromatic carbocycles. The lowest BCUT2D eigenvalue weighted by atomic mass is 10.00. The Kier molecular flexibility index (Phi) is 5.00. The number of rotatable bonds is 3. The van der Waals surface area contributed by atoms with Crippen LogP contribution in [0.25, 0.3) is 0 Å². The van der Waals surface area contributed by atoms with E-state index in [0.717, 1.165) is 6.42 Å². The lowest BCUT2D eigenvalue weighted by Crippen LogP contribution is -2.38. The Morgan fingerprint density at radius 2 is 1.74 bits per heavy atom. The van der Waals surface area contributed by atoms with Crippen LogP contribution in [-0.4, -0.2) is 24.0 Å². The molecule has 0 N–H and O–H groups in total. The molecule has 2 aromatic rings. The van der Waals surface area contributed by atoms with E-state index < -0.39 is 0 Å². The number of carbonyl (C=O) groups excluding carboxylic acids is 1. The molecule has 0 unspecified atom stereocenters. The van der Waals surface area contributed by atoms with E-state index in [0.29, 0.717) is 28.2 Å². The minimum atomic E-state index is -0.108. The number of amides is 1. The van der Waals surface area contributed by atoms with E-state index in [-0.39, 0.29) is 18.3 Å². The molecule has 0 fully saturated rings. The Bertz CT molecular complexity index is 725. The lowest BCUT2D eigenvalue weighted by Gasteiger charge is -2.28. The molecule has 0 atom stereocenters. The molecule has 0 aromatic heterocycles. The predicted molar refractivity (Wildman–Crippen MR) is 92.5 cm³/mol. The number of carbonyl (C=O) groups is 1. The van der Waals surface area contributed by atoms with E-state index in [2.05, 4.69) is 6.07 Å². The second-order valence-corrected chi connectivity index (χ2v) is 6.57. The molecule has 23 heavy (non-hydrogen) atoms. The van der Waals surface area contributed by atoms with Gasteiger partial charge in [-0.1, -0.05) is 59.1 Å². The highest BCUT2D eigenvalue weighted by atomic mass is 35.5. The van der Waals surface area contributed by atoms with Crippen LogP contribution in [0.2, 0.25) is 15.1 Å². The van der Waals surface area contributed by atoms with Gasteiger partial charge in [-0.2, -0.15) is 0 Å². The normalized spacial score (nSPS) is 13.6. The molecule has 0 bridgehead atoms. The lowest BCUT2D eigenvalue weighted by molar-refractivity contribution is -0.134. The molecule has 1 aliphatic heterocycles. The Morgan fingerprint density at radius 3 is 2.43 bits per heavy atom. The van der Waals surface area contributed by atoms with Crippen LogP contribution in [0.3, 0.4) is 0 Å². The first-order valence-electron chi connectivity index (χ1n) is 7.16. The van der Waals surface area contributed by atoms with Gasteiger partial charge in [-0.05, 0) is 29.7 Å². The zero-order valence-electron chi connectivity index (χ0n) is 12.2. The first-order valence-corrected chi connectivity index (χ1v) is 8.30. The van der Waals surface area contributed by atoms with Gasteiger partial charge in [0.15, 0.2) is 12.4 Å². The maximum Gasteiger partial charge on any atom is 0.260 e. The molecule has 3 nitrogen and oxygen atoms in total. The first-order chi connectivity index (χ1) is 11.0. The van der Waals surface area contributed by atoms with E-state index in [1.54, 1.807) is 4.90 Å². The van der Waals surface area contributed by atoms with Crippen molar-refractivity contribution in [1.29, 1.82) is 0 Å². The summed E-state index contributed by atoms with van der Waals surface area (Å²) in [5, 5.41) is 1.00. The third-order valence-corrected chi connectivity index (χ3v) is 4.57. The summed E-state index contributed by atoms with van der Waals surface area (Å²) in [7, 11) is 0.